The van der Waals surface area contributed by atoms with Crippen LogP contribution in [-0.4, -0.2) is 0 Å². The van der Waals surface area contributed by atoms with Gasteiger partial charge in [-0.05, 0) is 42.0 Å². The molecule has 0 saturated heterocycles. The molecule has 21 heavy (non-hydrogen) atoms. The smallest absolute Gasteiger partial charge is 0.194 e. The summed E-state index contributed by atoms with van der Waals surface area (Å²) < 4.78 is 67.5. The summed E-state index contributed by atoms with van der Waals surface area (Å²) in [6.45, 7) is 0. The Morgan fingerprint density at radius 2 is 1.38 bits per heavy atom. The molecule has 1 fully saturated rings. The minimum absolute atomic E-state index is 0.00441. The molecule has 1 saturated carbocycles. The van der Waals surface area contributed by atoms with E-state index in [4.69, 9.17) is 0 Å². The van der Waals surface area contributed by atoms with Crippen LogP contribution in [0.2, 0.25) is 0 Å². The molecule has 2 aromatic rings. The third-order valence-electron chi connectivity index (χ3n) is 3.95. The van der Waals surface area contributed by atoms with E-state index in [0.29, 0.717) is 12.1 Å². The highest BCUT2D eigenvalue weighted by atomic mass is 19.2. The van der Waals surface area contributed by atoms with Gasteiger partial charge in [0, 0.05) is 5.56 Å². The lowest BCUT2D eigenvalue weighted by Crippen LogP contribution is -2.12. The zero-order valence-corrected chi connectivity index (χ0v) is 10.9. The summed E-state index contributed by atoms with van der Waals surface area (Å²) in [6, 6.07) is 4.01. The molecule has 0 amide bonds. The van der Waals surface area contributed by atoms with Crippen LogP contribution >= 0.6 is 0 Å². The Kier molecular flexibility index (Phi) is 3.43. The first-order valence-corrected chi connectivity index (χ1v) is 6.62. The SMILES string of the molecule is Fc1cc(-c2ccc(C3CCC3)c(F)c2F)cc(F)c1F. The van der Waals surface area contributed by atoms with Crippen molar-refractivity contribution in [1.29, 1.82) is 0 Å². The monoisotopic (exact) mass is 298 g/mol. The molecule has 0 heterocycles. The highest BCUT2D eigenvalue weighted by molar-refractivity contribution is 5.65. The molecule has 0 nitrogen and oxygen atoms in total. The standard InChI is InChI=1S/C16H11F5/c17-12-6-9(7-13(18)16(12)21)11-5-4-10(8-2-1-3-8)14(19)15(11)20/h4-8H,1-3H2. The Hall–Kier alpha value is -1.91. The van der Waals surface area contributed by atoms with Crippen molar-refractivity contribution in [2.45, 2.75) is 25.2 Å². The molecule has 1 aliphatic rings. The molecule has 0 aromatic heterocycles. The summed E-state index contributed by atoms with van der Waals surface area (Å²) in [5, 5.41) is 0. The second kappa shape index (κ2) is 5.13. The van der Waals surface area contributed by atoms with Crippen LogP contribution in [0.15, 0.2) is 24.3 Å². The molecule has 3 rings (SSSR count). The minimum Gasteiger partial charge on any atom is -0.204 e. The quantitative estimate of drug-likeness (QED) is 0.520. The highest BCUT2D eigenvalue weighted by Gasteiger charge is 2.26. The van der Waals surface area contributed by atoms with Crippen LogP contribution in [0.5, 0.6) is 0 Å². The van der Waals surface area contributed by atoms with Crippen molar-refractivity contribution < 1.29 is 22.0 Å². The maximum Gasteiger partial charge on any atom is 0.194 e. The van der Waals surface area contributed by atoms with E-state index in [9.17, 15) is 22.0 Å². The van der Waals surface area contributed by atoms with Crippen LogP contribution < -0.4 is 0 Å². The van der Waals surface area contributed by atoms with E-state index in [2.05, 4.69) is 0 Å². The first-order chi connectivity index (χ1) is 9.99. The minimum atomic E-state index is -1.63. The molecule has 0 spiro atoms. The number of hydrogen-bond donors (Lipinski definition) is 0. The molecule has 0 atom stereocenters. The van der Waals surface area contributed by atoms with Gasteiger partial charge in [0.1, 0.15) is 0 Å². The third-order valence-corrected chi connectivity index (χ3v) is 3.95. The summed E-state index contributed by atoms with van der Waals surface area (Å²) in [6.07, 6.45) is 2.58. The van der Waals surface area contributed by atoms with Crippen molar-refractivity contribution in [2.75, 3.05) is 0 Å². The van der Waals surface area contributed by atoms with Gasteiger partial charge < -0.3 is 0 Å². The van der Waals surface area contributed by atoms with Crippen molar-refractivity contribution in [1.82, 2.24) is 0 Å². The fourth-order valence-corrected chi connectivity index (χ4v) is 2.53. The number of halogens is 5. The van der Waals surface area contributed by atoms with E-state index >= 15 is 0 Å². The predicted molar refractivity (Wildman–Crippen MR) is 68.3 cm³/mol. The van der Waals surface area contributed by atoms with Crippen molar-refractivity contribution in [3.8, 4) is 11.1 Å². The van der Waals surface area contributed by atoms with Crippen molar-refractivity contribution in [3.63, 3.8) is 0 Å². The molecule has 0 aliphatic heterocycles. The molecule has 0 bridgehead atoms. The second-order valence-corrected chi connectivity index (χ2v) is 5.21. The van der Waals surface area contributed by atoms with E-state index in [1.807, 2.05) is 0 Å². The van der Waals surface area contributed by atoms with Crippen molar-refractivity contribution >= 4 is 0 Å². The van der Waals surface area contributed by atoms with Crippen LogP contribution in [-0.2, 0) is 0 Å². The number of benzene rings is 2. The molecule has 0 unspecified atom stereocenters. The van der Waals surface area contributed by atoms with Gasteiger partial charge in [-0.15, -0.1) is 0 Å². The van der Waals surface area contributed by atoms with Crippen LogP contribution in [0.4, 0.5) is 22.0 Å². The molecule has 1 aliphatic carbocycles. The van der Waals surface area contributed by atoms with E-state index in [1.54, 1.807) is 0 Å². The Morgan fingerprint density at radius 1 is 0.762 bits per heavy atom. The van der Waals surface area contributed by atoms with Gasteiger partial charge in [0.2, 0.25) is 0 Å². The lowest BCUT2D eigenvalue weighted by atomic mass is 9.79. The lowest BCUT2D eigenvalue weighted by molar-refractivity contribution is 0.394. The maximum atomic E-state index is 14.1. The summed E-state index contributed by atoms with van der Waals surface area (Å²) in [4.78, 5) is 0. The average molecular weight is 298 g/mol. The topological polar surface area (TPSA) is 0 Å². The fraction of sp³-hybridized carbons (Fsp3) is 0.250. The zero-order chi connectivity index (χ0) is 15.1. The molecular weight excluding hydrogens is 287 g/mol. The van der Waals surface area contributed by atoms with Gasteiger partial charge >= 0.3 is 0 Å². The Labute approximate surface area is 118 Å². The van der Waals surface area contributed by atoms with Gasteiger partial charge in [-0.2, -0.15) is 0 Å². The van der Waals surface area contributed by atoms with Crippen LogP contribution in [0.25, 0.3) is 11.1 Å². The summed E-state index contributed by atoms with van der Waals surface area (Å²) in [5.74, 6) is -6.67. The summed E-state index contributed by atoms with van der Waals surface area (Å²) >= 11 is 0. The van der Waals surface area contributed by atoms with Crippen LogP contribution in [0.1, 0.15) is 30.7 Å². The van der Waals surface area contributed by atoms with Gasteiger partial charge in [0.15, 0.2) is 29.1 Å². The van der Waals surface area contributed by atoms with Gasteiger partial charge in [-0.3, -0.25) is 0 Å². The van der Waals surface area contributed by atoms with E-state index in [-0.39, 0.29) is 22.6 Å². The number of rotatable bonds is 2. The highest BCUT2D eigenvalue weighted by Crippen LogP contribution is 2.39. The Morgan fingerprint density at radius 3 is 1.90 bits per heavy atom. The molecule has 5 heteroatoms. The van der Waals surface area contributed by atoms with Crippen LogP contribution in [0, 0.1) is 29.1 Å². The molecule has 0 radical (unpaired) electrons. The predicted octanol–water partition coefficient (Wildman–Crippen LogP) is 5.32. The van der Waals surface area contributed by atoms with E-state index < -0.39 is 29.1 Å². The first-order valence-electron chi connectivity index (χ1n) is 6.62. The summed E-state index contributed by atoms with van der Waals surface area (Å²) in [7, 11) is 0. The molecule has 110 valence electrons. The van der Waals surface area contributed by atoms with Gasteiger partial charge in [0.25, 0.3) is 0 Å². The summed E-state index contributed by atoms with van der Waals surface area (Å²) in [5.41, 5.74) is -0.234. The van der Waals surface area contributed by atoms with Crippen molar-refractivity contribution in [2.24, 2.45) is 0 Å². The second-order valence-electron chi connectivity index (χ2n) is 5.21. The van der Waals surface area contributed by atoms with Gasteiger partial charge in [-0.25, -0.2) is 22.0 Å². The molecule has 2 aromatic carbocycles. The van der Waals surface area contributed by atoms with Crippen molar-refractivity contribution in [3.05, 3.63) is 58.9 Å². The van der Waals surface area contributed by atoms with Crippen LogP contribution in [0.3, 0.4) is 0 Å². The zero-order valence-electron chi connectivity index (χ0n) is 10.9. The van der Waals surface area contributed by atoms with Gasteiger partial charge in [-0.1, -0.05) is 18.6 Å². The maximum absolute atomic E-state index is 14.1. The number of hydrogen-bond acceptors (Lipinski definition) is 0. The fourth-order valence-electron chi connectivity index (χ4n) is 2.53. The van der Waals surface area contributed by atoms with Gasteiger partial charge in [0.05, 0.1) is 0 Å². The largest absolute Gasteiger partial charge is 0.204 e. The van der Waals surface area contributed by atoms with E-state index in [1.165, 1.54) is 12.1 Å². The Bertz CT molecular complexity index is 681. The Balaban J connectivity index is 2.09. The molecular formula is C16H11F5. The first kappa shape index (κ1) is 14.0. The van der Waals surface area contributed by atoms with E-state index in [0.717, 1.165) is 19.3 Å². The average Bonchev–Trinajstić information content (AvgIpc) is 2.39. The molecule has 0 N–H and O–H groups in total. The third kappa shape index (κ3) is 2.30. The lowest BCUT2D eigenvalue weighted by Gasteiger charge is -2.26. The normalized spacial score (nSPS) is 15.1.